The van der Waals surface area contributed by atoms with Crippen LogP contribution in [0.4, 0.5) is 5.69 Å². The lowest BCUT2D eigenvalue weighted by molar-refractivity contribution is -0.118. The van der Waals surface area contributed by atoms with Crippen LogP contribution < -0.4 is 10.6 Å². The minimum absolute atomic E-state index is 0.0758. The number of carbonyl (C=O) groups excluding carboxylic acids is 1. The van der Waals surface area contributed by atoms with Gasteiger partial charge in [-0.15, -0.1) is 0 Å². The molecular formula is C16H22N2O2. The molecule has 1 amide bonds. The Bertz CT molecular complexity index is 529. The van der Waals surface area contributed by atoms with Crippen LogP contribution in [0.3, 0.4) is 0 Å². The van der Waals surface area contributed by atoms with Gasteiger partial charge in [-0.3, -0.25) is 4.79 Å². The van der Waals surface area contributed by atoms with E-state index in [2.05, 4.69) is 13.0 Å². The van der Waals surface area contributed by atoms with E-state index in [1.54, 1.807) is 4.90 Å². The molecule has 1 aromatic rings. The van der Waals surface area contributed by atoms with E-state index in [0.717, 1.165) is 30.5 Å². The van der Waals surface area contributed by atoms with Crippen LogP contribution in [0.25, 0.3) is 0 Å². The van der Waals surface area contributed by atoms with Crippen LogP contribution in [0.2, 0.25) is 0 Å². The van der Waals surface area contributed by atoms with Crippen LogP contribution in [0.1, 0.15) is 43.4 Å². The van der Waals surface area contributed by atoms with Crippen molar-refractivity contribution >= 4 is 11.6 Å². The van der Waals surface area contributed by atoms with E-state index in [9.17, 15) is 4.79 Å². The van der Waals surface area contributed by atoms with Gasteiger partial charge in [0.05, 0.1) is 18.2 Å². The van der Waals surface area contributed by atoms with Gasteiger partial charge in [0.25, 0.3) is 0 Å². The molecule has 4 nitrogen and oxygen atoms in total. The number of hydrogen-bond acceptors (Lipinski definition) is 3. The molecule has 0 spiro atoms. The molecule has 20 heavy (non-hydrogen) atoms. The third-order valence-electron chi connectivity index (χ3n) is 4.50. The molecule has 0 aliphatic carbocycles. The number of nitrogens with zero attached hydrogens (tertiary/aromatic N) is 1. The lowest BCUT2D eigenvalue weighted by Crippen LogP contribution is -2.32. The molecule has 108 valence electrons. The van der Waals surface area contributed by atoms with Crippen LogP contribution in [0.15, 0.2) is 18.2 Å². The monoisotopic (exact) mass is 274 g/mol. The normalized spacial score (nSPS) is 27.6. The molecule has 0 radical (unpaired) electrons. The Labute approximate surface area is 119 Å². The van der Waals surface area contributed by atoms with Crippen molar-refractivity contribution in [2.75, 3.05) is 11.9 Å². The lowest BCUT2D eigenvalue weighted by atomic mass is 9.94. The van der Waals surface area contributed by atoms with E-state index in [-0.39, 0.29) is 18.1 Å². The Balaban J connectivity index is 1.83. The summed E-state index contributed by atoms with van der Waals surface area (Å²) in [7, 11) is 1.84. The molecule has 3 rings (SSSR count). The quantitative estimate of drug-likeness (QED) is 0.899. The number of carbonyl (C=O) groups is 1. The zero-order valence-electron chi connectivity index (χ0n) is 12.1. The summed E-state index contributed by atoms with van der Waals surface area (Å²) >= 11 is 0. The molecule has 2 heterocycles. The first-order valence-corrected chi connectivity index (χ1v) is 7.36. The Hall–Kier alpha value is -1.39. The maximum Gasteiger partial charge on any atom is 0.227 e. The molecule has 2 N–H and O–H groups in total. The van der Waals surface area contributed by atoms with E-state index < -0.39 is 0 Å². The Kier molecular flexibility index (Phi) is 3.52. The van der Waals surface area contributed by atoms with Crippen LogP contribution in [0, 0.1) is 0 Å². The van der Waals surface area contributed by atoms with E-state index in [4.69, 9.17) is 10.5 Å². The zero-order chi connectivity index (χ0) is 14.3. The molecule has 0 saturated carbocycles. The molecule has 1 saturated heterocycles. The number of ether oxygens (including phenoxy) is 1. The largest absolute Gasteiger partial charge is 0.373 e. The van der Waals surface area contributed by atoms with E-state index >= 15 is 0 Å². The number of nitrogens with two attached hydrogens (primary N) is 1. The maximum absolute atomic E-state index is 11.7. The number of rotatable bonds is 2. The molecule has 3 atom stereocenters. The summed E-state index contributed by atoms with van der Waals surface area (Å²) in [6, 6.07) is 6.12. The van der Waals surface area contributed by atoms with Gasteiger partial charge in [-0.2, -0.15) is 0 Å². The highest BCUT2D eigenvalue weighted by Crippen LogP contribution is 2.33. The average molecular weight is 274 g/mol. The fraction of sp³-hybridized carbons (Fsp3) is 0.562. The average Bonchev–Trinajstić information content (AvgIpc) is 2.88. The summed E-state index contributed by atoms with van der Waals surface area (Å²) in [4.78, 5) is 13.4. The van der Waals surface area contributed by atoms with Crippen molar-refractivity contribution in [2.24, 2.45) is 5.73 Å². The highest BCUT2D eigenvalue weighted by Gasteiger charge is 2.29. The third kappa shape index (κ3) is 2.34. The lowest BCUT2D eigenvalue weighted by Gasteiger charge is -2.27. The van der Waals surface area contributed by atoms with Gasteiger partial charge in [0.15, 0.2) is 0 Å². The summed E-state index contributed by atoms with van der Waals surface area (Å²) in [6.07, 6.45) is 3.93. The number of fused-ring (bicyclic) bond motifs is 1. The van der Waals surface area contributed by atoms with E-state index in [1.807, 2.05) is 19.2 Å². The first kappa shape index (κ1) is 13.6. The first-order valence-electron chi connectivity index (χ1n) is 7.36. The third-order valence-corrected chi connectivity index (χ3v) is 4.50. The molecule has 4 heteroatoms. The van der Waals surface area contributed by atoms with Gasteiger partial charge >= 0.3 is 0 Å². The SMILES string of the molecule is CC1CCC(C(N)c2ccc3c(c2)CCC(=O)N3C)O1. The Morgan fingerprint density at radius 1 is 1.35 bits per heavy atom. The minimum atomic E-state index is -0.0758. The van der Waals surface area contributed by atoms with Crippen molar-refractivity contribution in [1.82, 2.24) is 0 Å². The minimum Gasteiger partial charge on any atom is -0.373 e. The topological polar surface area (TPSA) is 55.6 Å². The molecule has 1 fully saturated rings. The maximum atomic E-state index is 11.7. The van der Waals surface area contributed by atoms with Crippen molar-refractivity contribution in [2.45, 2.75) is 50.9 Å². The Morgan fingerprint density at radius 2 is 2.15 bits per heavy atom. The highest BCUT2D eigenvalue weighted by molar-refractivity contribution is 5.95. The van der Waals surface area contributed by atoms with E-state index in [1.165, 1.54) is 5.56 Å². The van der Waals surface area contributed by atoms with Crippen LogP contribution >= 0.6 is 0 Å². The smallest absolute Gasteiger partial charge is 0.227 e. The standard InChI is InChI=1S/C16H22N2O2/c1-10-3-7-14(20-10)16(17)12-4-6-13-11(9-12)5-8-15(19)18(13)2/h4,6,9-10,14,16H,3,5,7-8,17H2,1-2H3. The number of aryl methyl sites for hydroxylation is 1. The van der Waals surface area contributed by atoms with Crippen molar-refractivity contribution in [3.63, 3.8) is 0 Å². The van der Waals surface area contributed by atoms with Gasteiger partial charge in [0, 0.05) is 19.2 Å². The summed E-state index contributed by atoms with van der Waals surface area (Å²) < 4.78 is 5.87. The predicted octanol–water partition coefficient (Wildman–Crippen LogP) is 2.16. The fourth-order valence-electron chi connectivity index (χ4n) is 3.20. The van der Waals surface area contributed by atoms with Crippen LogP contribution in [-0.4, -0.2) is 25.2 Å². The van der Waals surface area contributed by atoms with Crippen molar-refractivity contribution < 1.29 is 9.53 Å². The number of benzene rings is 1. The van der Waals surface area contributed by atoms with Crippen molar-refractivity contribution in [1.29, 1.82) is 0 Å². The predicted molar refractivity (Wildman–Crippen MR) is 78.7 cm³/mol. The summed E-state index contributed by atoms with van der Waals surface area (Å²) in [6.45, 7) is 2.10. The summed E-state index contributed by atoms with van der Waals surface area (Å²) in [5, 5.41) is 0. The molecular weight excluding hydrogens is 252 g/mol. The zero-order valence-corrected chi connectivity index (χ0v) is 12.1. The molecule has 1 aromatic carbocycles. The van der Waals surface area contributed by atoms with Gasteiger partial charge in [0.2, 0.25) is 5.91 Å². The second-order valence-corrected chi connectivity index (χ2v) is 5.93. The Morgan fingerprint density at radius 3 is 2.85 bits per heavy atom. The molecule has 0 bridgehead atoms. The van der Waals surface area contributed by atoms with Crippen molar-refractivity contribution in [3.05, 3.63) is 29.3 Å². The summed E-state index contributed by atoms with van der Waals surface area (Å²) in [5.41, 5.74) is 9.69. The van der Waals surface area contributed by atoms with E-state index in [0.29, 0.717) is 12.5 Å². The second-order valence-electron chi connectivity index (χ2n) is 5.93. The summed E-state index contributed by atoms with van der Waals surface area (Å²) in [5.74, 6) is 0.183. The molecule has 0 aromatic heterocycles. The van der Waals surface area contributed by atoms with Gasteiger partial charge < -0.3 is 15.4 Å². The number of anilines is 1. The molecule has 2 aliphatic rings. The second kappa shape index (κ2) is 5.19. The van der Waals surface area contributed by atoms with Gasteiger partial charge in [-0.1, -0.05) is 12.1 Å². The molecule has 2 aliphatic heterocycles. The molecule has 3 unspecified atom stereocenters. The van der Waals surface area contributed by atoms with Gasteiger partial charge in [-0.05, 0) is 43.4 Å². The van der Waals surface area contributed by atoms with Crippen molar-refractivity contribution in [3.8, 4) is 0 Å². The van der Waals surface area contributed by atoms with Crippen LogP contribution in [0.5, 0.6) is 0 Å². The fourth-order valence-corrected chi connectivity index (χ4v) is 3.20. The first-order chi connectivity index (χ1) is 9.56. The number of amides is 1. The highest BCUT2D eigenvalue weighted by atomic mass is 16.5. The van der Waals surface area contributed by atoms with Crippen LogP contribution in [-0.2, 0) is 16.0 Å². The van der Waals surface area contributed by atoms with Gasteiger partial charge in [-0.25, -0.2) is 0 Å². The number of hydrogen-bond donors (Lipinski definition) is 1. The van der Waals surface area contributed by atoms with Gasteiger partial charge in [0.1, 0.15) is 0 Å².